The lowest BCUT2D eigenvalue weighted by molar-refractivity contribution is -0.129. The molecule has 1 rings (SSSR count). The van der Waals surface area contributed by atoms with E-state index in [1.54, 1.807) is 18.9 Å². The Bertz CT molecular complexity index is 398. The molecule has 4 heteroatoms. The largest absolute Gasteiger partial charge is 0.492 e. The van der Waals surface area contributed by atoms with Crippen molar-refractivity contribution in [2.75, 3.05) is 20.2 Å². The van der Waals surface area contributed by atoms with Gasteiger partial charge in [-0.3, -0.25) is 4.79 Å². The van der Waals surface area contributed by atoms with Crippen LogP contribution in [-0.2, 0) is 4.79 Å². The lowest BCUT2D eigenvalue weighted by Crippen LogP contribution is -2.35. The smallest absolute Gasteiger partial charge is 0.240 e. The predicted octanol–water partition coefficient (Wildman–Crippen LogP) is 2.77. The average molecular weight is 270 g/mol. The van der Waals surface area contributed by atoms with E-state index in [1.165, 1.54) is 11.1 Å². The number of nitrogens with zero attached hydrogens (tertiary/aromatic N) is 1. The third-order valence-electron chi connectivity index (χ3n) is 2.61. The van der Waals surface area contributed by atoms with Crippen LogP contribution < -0.4 is 4.74 Å². The fourth-order valence-electron chi connectivity index (χ4n) is 1.73. The molecule has 1 aromatic carbocycles. The molecule has 1 atom stereocenters. The zero-order valence-electron chi connectivity index (χ0n) is 11.4. The molecule has 1 aromatic rings. The Labute approximate surface area is 114 Å². The number of aryl methyl sites for hydroxylation is 2. The van der Waals surface area contributed by atoms with Crippen LogP contribution in [0.15, 0.2) is 18.2 Å². The van der Waals surface area contributed by atoms with E-state index in [9.17, 15) is 4.79 Å². The molecule has 0 N–H and O–H groups in total. The Morgan fingerprint density at radius 3 is 2.39 bits per heavy atom. The van der Waals surface area contributed by atoms with Crippen molar-refractivity contribution in [3.05, 3.63) is 29.3 Å². The predicted molar refractivity (Wildman–Crippen MR) is 74.4 cm³/mol. The van der Waals surface area contributed by atoms with Crippen LogP contribution in [0.2, 0.25) is 0 Å². The van der Waals surface area contributed by atoms with Crippen LogP contribution >= 0.6 is 11.6 Å². The molecule has 0 aromatic heterocycles. The van der Waals surface area contributed by atoms with Crippen LogP contribution in [0.3, 0.4) is 0 Å². The van der Waals surface area contributed by atoms with Gasteiger partial charge in [-0.1, -0.05) is 6.07 Å². The molecular formula is C14H20ClNO2. The van der Waals surface area contributed by atoms with Gasteiger partial charge in [0.25, 0.3) is 0 Å². The van der Waals surface area contributed by atoms with Gasteiger partial charge in [0, 0.05) is 7.05 Å². The van der Waals surface area contributed by atoms with Gasteiger partial charge in [-0.25, -0.2) is 0 Å². The summed E-state index contributed by atoms with van der Waals surface area (Å²) in [5.41, 5.74) is 2.34. The van der Waals surface area contributed by atoms with Crippen molar-refractivity contribution in [1.82, 2.24) is 4.90 Å². The summed E-state index contributed by atoms with van der Waals surface area (Å²) in [5.74, 6) is 0.757. The summed E-state index contributed by atoms with van der Waals surface area (Å²) in [6.07, 6.45) is 0. The molecule has 0 saturated carbocycles. The molecule has 0 aliphatic rings. The van der Waals surface area contributed by atoms with Crippen molar-refractivity contribution in [3.63, 3.8) is 0 Å². The van der Waals surface area contributed by atoms with E-state index in [4.69, 9.17) is 16.3 Å². The maximum Gasteiger partial charge on any atom is 0.240 e. The van der Waals surface area contributed by atoms with Crippen LogP contribution in [0, 0.1) is 13.8 Å². The van der Waals surface area contributed by atoms with E-state index in [0.717, 1.165) is 5.75 Å². The Hall–Kier alpha value is -1.22. The highest BCUT2D eigenvalue weighted by atomic mass is 35.5. The highest BCUT2D eigenvalue weighted by Crippen LogP contribution is 2.16. The van der Waals surface area contributed by atoms with Crippen molar-refractivity contribution in [1.29, 1.82) is 0 Å². The second kappa shape index (κ2) is 6.64. The summed E-state index contributed by atoms with van der Waals surface area (Å²) in [7, 11) is 1.73. The third-order valence-corrected chi connectivity index (χ3v) is 2.79. The Morgan fingerprint density at radius 1 is 1.33 bits per heavy atom. The number of ether oxygens (including phenoxy) is 1. The minimum Gasteiger partial charge on any atom is -0.492 e. The van der Waals surface area contributed by atoms with Crippen molar-refractivity contribution in [2.45, 2.75) is 26.1 Å². The normalized spacial score (nSPS) is 12.1. The molecule has 1 unspecified atom stereocenters. The Morgan fingerprint density at radius 2 is 1.89 bits per heavy atom. The number of hydrogen-bond acceptors (Lipinski definition) is 2. The van der Waals surface area contributed by atoms with Gasteiger partial charge in [-0.2, -0.15) is 0 Å². The van der Waals surface area contributed by atoms with Crippen LogP contribution in [0.4, 0.5) is 0 Å². The fraction of sp³-hybridized carbons (Fsp3) is 0.500. The summed E-state index contributed by atoms with van der Waals surface area (Å²) in [4.78, 5) is 13.1. The molecule has 1 amide bonds. The number of halogens is 1. The number of amides is 1. The van der Waals surface area contributed by atoms with Gasteiger partial charge < -0.3 is 9.64 Å². The number of carbonyl (C=O) groups excluding carboxylic acids is 1. The van der Waals surface area contributed by atoms with Crippen molar-refractivity contribution < 1.29 is 9.53 Å². The first-order valence-corrected chi connectivity index (χ1v) is 6.44. The Balaban J connectivity index is 2.44. The molecule has 0 saturated heterocycles. The number of benzene rings is 1. The monoisotopic (exact) mass is 269 g/mol. The molecule has 0 aliphatic heterocycles. The van der Waals surface area contributed by atoms with E-state index >= 15 is 0 Å². The summed E-state index contributed by atoms with van der Waals surface area (Å²) in [6, 6.07) is 6.07. The highest BCUT2D eigenvalue weighted by Gasteiger charge is 2.14. The second-order valence-electron chi connectivity index (χ2n) is 4.55. The van der Waals surface area contributed by atoms with E-state index < -0.39 is 5.38 Å². The lowest BCUT2D eigenvalue weighted by Gasteiger charge is -2.18. The molecule has 0 spiro atoms. The molecule has 0 fully saturated rings. The summed E-state index contributed by atoms with van der Waals surface area (Å²) < 4.78 is 5.63. The average Bonchev–Trinajstić information content (AvgIpc) is 2.26. The van der Waals surface area contributed by atoms with E-state index in [-0.39, 0.29) is 5.91 Å². The topological polar surface area (TPSA) is 29.5 Å². The minimum absolute atomic E-state index is 0.0827. The fourth-order valence-corrected chi connectivity index (χ4v) is 1.90. The maximum atomic E-state index is 11.5. The van der Waals surface area contributed by atoms with Gasteiger partial charge in [0.15, 0.2) is 0 Å². The molecule has 0 bridgehead atoms. The molecule has 0 aliphatic carbocycles. The summed E-state index contributed by atoms with van der Waals surface area (Å²) >= 11 is 5.73. The van der Waals surface area contributed by atoms with Gasteiger partial charge in [0.05, 0.1) is 6.54 Å². The number of rotatable bonds is 5. The summed E-state index contributed by atoms with van der Waals surface area (Å²) in [5, 5.41) is -0.490. The SMILES string of the molecule is Cc1cc(C)cc(OCCN(C)C(=O)C(C)Cl)c1. The number of hydrogen-bond donors (Lipinski definition) is 0. The highest BCUT2D eigenvalue weighted by molar-refractivity contribution is 6.30. The molecule has 0 heterocycles. The second-order valence-corrected chi connectivity index (χ2v) is 5.20. The Kier molecular flexibility index (Phi) is 5.48. The zero-order chi connectivity index (χ0) is 13.7. The standard InChI is InChI=1S/C14H20ClNO2/c1-10-7-11(2)9-13(8-10)18-6-5-16(4)14(17)12(3)15/h7-9,12H,5-6H2,1-4H3. The molecule has 100 valence electrons. The van der Waals surface area contributed by atoms with Gasteiger partial charge in [-0.05, 0) is 44.0 Å². The van der Waals surface area contributed by atoms with Crippen LogP contribution in [0.25, 0.3) is 0 Å². The van der Waals surface area contributed by atoms with E-state index in [0.29, 0.717) is 13.2 Å². The first kappa shape index (κ1) is 14.8. The minimum atomic E-state index is -0.490. The number of carbonyl (C=O) groups is 1. The van der Waals surface area contributed by atoms with Gasteiger partial charge in [0.2, 0.25) is 5.91 Å². The first-order valence-electron chi connectivity index (χ1n) is 6.00. The van der Waals surface area contributed by atoms with Crippen LogP contribution in [0.1, 0.15) is 18.1 Å². The number of alkyl halides is 1. The molecule has 18 heavy (non-hydrogen) atoms. The van der Waals surface area contributed by atoms with Crippen molar-refractivity contribution in [3.8, 4) is 5.75 Å². The summed E-state index contributed by atoms with van der Waals surface area (Å²) in [6.45, 7) is 6.73. The van der Waals surface area contributed by atoms with E-state index in [1.807, 2.05) is 26.0 Å². The van der Waals surface area contributed by atoms with Gasteiger partial charge in [-0.15, -0.1) is 11.6 Å². The van der Waals surface area contributed by atoms with Gasteiger partial charge in [0.1, 0.15) is 17.7 Å². The molecular weight excluding hydrogens is 250 g/mol. The zero-order valence-corrected chi connectivity index (χ0v) is 12.1. The maximum absolute atomic E-state index is 11.5. The third kappa shape index (κ3) is 4.57. The van der Waals surface area contributed by atoms with E-state index in [2.05, 4.69) is 6.07 Å². The first-order chi connectivity index (χ1) is 8.40. The van der Waals surface area contributed by atoms with Crippen molar-refractivity contribution in [2.24, 2.45) is 0 Å². The number of likely N-dealkylation sites (N-methyl/N-ethyl adjacent to an activating group) is 1. The van der Waals surface area contributed by atoms with Gasteiger partial charge >= 0.3 is 0 Å². The molecule has 0 radical (unpaired) electrons. The van der Waals surface area contributed by atoms with Crippen LogP contribution in [-0.4, -0.2) is 36.4 Å². The lowest BCUT2D eigenvalue weighted by atomic mass is 10.1. The molecule has 3 nitrogen and oxygen atoms in total. The quantitative estimate of drug-likeness (QED) is 0.770. The van der Waals surface area contributed by atoms with Crippen LogP contribution in [0.5, 0.6) is 5.75 Å². The van der Waals surface area contributed by atoms with Crippen molar-refractivity contribution >= 4 is 17.5 Å².